The smallest absolute Gasteiger partial charge is 0.366 e. The number of hydrogen-bond acceptors (Lipinski definition) is 3. The predicted octanol–water partition coefficient (Wildman–Crippen LogP) is 4.56. The molecule has 0 spiro atoms. The van der Waals surface area contributed by atoms with E-state index in [1.54, 1.807) is 6.20 Å². The second-order valence-electron chi connectivity index (χ2n) is 6.13. The maximum atomic E-state index is 12.6. The summed E-state index contributed by atoms with van der Waals surface area (Å²) in [7, 11) is 0. The highest BCUT2D eigenvalue weighted by atomic mass is 19.4. The average Bonchev–Trinajstić information content (AvgIpc) is 3.07. The van der Waals surface area contributed by atoms with Crippen LogP contribution in [0.5, 0.6) is 0 Å². The number of aromatic nitrogens is 2. The number of aryl methyl sites for hydroxylation is 1. The minimum atomic E-state index is -4.34. The third-order valence-electron chi connectivity index (χ3n) is 4.16. The lowest BCUT2D eigenvalue weighted by Crippen LogP contribution is -2.17. The SMILES string of the molecule is Cc1ncc(C#Cc2ccc(C(F)(F)F)cc2)c(NC2CCCC2)n1. The van der Waals surface area contributed by atoms with E-state index in [1.807, 2.05) is 6.92 Å². The van der Waals surface area contributed by atoms with E-state index >= 15 is 0 Å². The Hall–Kier alpha value is -2.55. The van der Waals surface area contributed by atoms with Gasteiger partial charge in [-0.2, -0.15) is 13.2 Å². The molecule has 1 fully saturated rings. The quantitative estimate of drug-likeness (QED) is 0.811. The first-order chi connectivity index (χ1) is 11.9. The van der Waals surface area contributed by atoms with E-state index in [1.165, 1.54) is 25.0 Å². The summed E-state index contributed by atoms with van der Waals surface area (Å²) in [6, 6.07) is 5.20. The first kappa shape index (κ1) is 17.3. The lowest BCUT2D eigenvalue weighted by atomic mass is 10.1. The van der Waals surface area contributed by atoms with Gasteiger partial charge in [-0.25, -0.2) is 9.97 Å². The van der Waals surface area contributed by atoms with Crippen LogP contribution >= 0.6 is 0 Å². The molecule has 0 atom stereocenters. The van der Waals surface area contributed by atoms with Gasteiger partial charge >= 0.3 is 6.18 Å². The third-order valence-corrected chi connectivity index (χ3v) is 4.16. The second kappa shape index (κ2) is 7.14. The Morgan fingerprint density at radius 2 is 1.76 bits per heavy atom. The molecule has 6 heteroatoms. The first-order valence-corrected chi connectivity index (χ1v) is 8.21. The molecule has 1 aromatic heterocycles. The molecular formula is C19H18F3N3. The Labute approximate surface area is 144 Å². The van der Waals surface area contributed by atoms with Crippen molar-refractivity contribution >= 4 is 5.82 Å². The number of benzene rings is 1. The standard InChI is InChI=1S/C19H18F3N3/c1-13-23-12-15(18(24-13)25-17-4-2-3-5-17)9-6-14-7-10-16(11-8-14)19(20,21)22/h7-8,10-12,17H,2-5H2,1H3,(H,23,24,25). The molecule has 0 aliphatic heterocycles. The molecule has 130 valence electrons. The largest absolute Gasteiger partial charge is 0.416 e. The summed E-state index contributed by atoms with van der Waals surface area (Å²) in [5, 5.41) is 3.41. The summed E-state index contributed by atoms with van der Waals surface area (Å²) in [5.41, 5.74) is 0.484. The van der Waals surface area contributed by atoms with Crippen molar-refractivity contribution in [2.75, 3.05) is 5.32 Å². The van der Waals surface area contributed by atoms with E-state index in [9.17, 15) is 13.2 Å². The van der Waals surface area contributed by atoms with Gasteiger partial charge in [0.1, 0.15) is 11.6 Å². The summed E-state index contributed by atoms with van der Waals surface area (Å²) < 4.78 is 37.8. The maximum Gasteiger partial charge on any atom is 0.416 e. The number of rotatable bonds is 2. The highest BCUT2D eigenvalue weighted by molar-refractivity contribution is 5.55. The van der Waals surface area contributed by atoms with Crippen LogP contribution < -0.4 is 5.32 Å². The maximum absolute atomic E-state index is 12.6. The minimum Gasteiger partial charge on any atom is -0.366 e. The van der Waals surface area contributed by atoms with Crippen molar-refractivity contribution in [3.8, 4) is 11.8 Å². The van der Waals surface area contributed by atoms with Gasteiger partial charge in [0.15, 0.2) is 0 Å². The normalized spacial score (nSPS) is 14.9. The van der Waals surface area contributed by atoms with Crippen LogP contribution in [0.25, 0.3) is 0 Å². The number of hydrogen-bond donors (Lipinski definition) is 1. The highest BCUT2D eigenvalue weighted by Gasteiger charge is 2.29. The van der Waals surface area contributed by atoms with Crippen molar-refractivity contribution in [3.05, 3.63) is 53.0 Å². The van der Waals surface area contributed by atoms with Crippen LogP contribution in [0.15, 0.2) is 30.5 Å². The van der Waals surface area contributed by atoms with Gasteiger partial charge in [-0.3, -0.25) is 0 Å². The summed E-state index contributed by atoms with van der Waals surface area (Å²) in [5.74, 6) is 7.20. The molecule has 3 nitrogen and oxygen atoms in total. The number of alkyl halides is 3. The second-order valence-corrected chi connectivity index (χ2v) is 6.13. The van der Waals surface area contributed by atoms with Crippen LogP contribution in [0, 0.1) is 18.8 Å². The fourth-order valence-corrected chi connectivity index (χ4v) is 2.82. The number of halogens is 3. The zero-order valence-electron chi connectivity index (χ0n) is 13.8. The summed E-state index contributed by atoms with van der Waals surface area (Å²) in [6.07, 6.45) is 1.93. The molecule has 1 aliphatic rings. The van der Waals surface area contributed by atoms with Gasteiger partial charge in [0.25, 0.3) is 0 Å². The van der Waals surface area contributed by atoms with Gasteiger partial charge in [0.2, 0.25) is 0 Å². The highest BCUT2D eigenvalue weighted by Crippen LogP contribution is 2.29. The van der Waals surface area contributed by atoms with Crippen LogP contribution in [0.2, 0.25) is 0 Å². The fourth-order valence-electron chi connectivity index (χ4n) is 2.82. The summed E-state index contributed by atoms with van der Waals surface area (Å²) >= 11 is 0. The zero-order chi connectivity index (χ0) is 17.9. The molecule has 0 bridgehead atoms. The van der Waals surface area contributed by atoms with Gasteiger partial charge in [-0.1, -0.05) is 24.7 Å². The molecule has 25 heavy (non-hydrogen) atoms. The molecule has 0 unspecified atom stereocenters. The van der Waals surface area contributed by atoms with Gasteiger partial charge < -0.3 is 5.32 Å². The predicted molar refractivity (Wildman–Crippen MR) is 90.1 cm³/mol. The van der Waals surface area contributed by atoms with E-state index in [2.05, 4.69) is 27.1 Å². The Bertz CT molecular complexity index is 795. The molecule has 1 aliphatic carbocycles. The number of nitrogens with one attached hydrogen (secondary N) is 1. The molecule has 0 amide bonds. The van der Waals surface area contributed by atoms with Crippen LogP contribution in [-0.4, -0.2) is 16.0 Å². The van der Waals surface area contributed by atoms with Crippen molar-refractivity contribution in [1.29, 1.82) is 0 Å². The lowest BCUT2D eigenvalue weighted by Gasteiger charge is -2.14. The summed E-state index contributed by atoms with van der Waals surface area (Å²) in [4.78, 5) is 8.59. The van der Waals surface area contributed by atoms with Crippen molar-refractivity contribution < 1.29 is 13.2 Å². The molecular weight excluding hydrogens is 327 g/mol. The van der Waals surface area contributed by atoms with E-state index in [-0.39, 0.29) is 0 Å². The van der Waals surface area contributed by atoms with Crippen LogP contribution in [0.3, 0.4) is 0 Å². The van der Waals surface area contributed by atoms with Crippen molar-refractivity contribution in [3.63, 3.8) is 0 Å². The molecule has 1 aromatic carbocycles. The molecule has 1 N–H and O–H groups in total. The van der Waals surface area contributed by atoms with E-state index in [0.717, 1.165) is 25.0 Å². The molecule has 3 rings (SSSR count). The Morgan fingerprint density at radius 1 is 1.08 bits per heavy atom. The zero-order valence-corrected chi connectivity index (χ0v) is 13.8. The monoisotopic (exact) mass is 345 g/mol. The molecule has 1 saturated carbocycles. The fraction of sp³-hybridized carbons (Fsp3) is 0.368. The van der Waals surface area contributed by atoms with Gasteiger partial charge in [-0.15, -0.1) is 0 Å². The number of anilines is 1. The van der Waals surface area contributed by atoms with Crippen molar-refractivity contribution in [2.45, 2.75) is 44.8 Å². The Balaban J connectivity index is 1.82. The average molecular weight is 345 g/mol. The molecule has 1 heterocycles. The van der Waals surface area contributed by atoms with Gasteiger partial charge in [0, 0.05) is 17.8 Å². The van der Waals surface area contributed by atoms with Crippen LogP contribution in [0.1, 0.15) is 48.2 Å². The van der Waals surface area contributed by atoms with Gasteiger partial charge in [-0.05, 0) is 44.0 Å². The molecule has 0 saturated heterocycles. The van der Waals surface area contributed by atoms with Crippen LogP contribution in [0.4, 0.5) is 19.0 Å². The van der Waals surface area contributed by atoms with Crippen LogP contribution in [-0.2, 0) is 6.18 Å². The Morgan fingerprint density at radius 3 is 2.40 bits per heavy atom. The van der Waals surface area contributed by atoms with Gasteiger partial charge in [0.05, 0.1) is 11.1 Å². The topological polar surface area (TPSA) is 37.8 Å². The molecule has 0 radical (unpaired) electrons. The summed E-state index contributed by atoms with van der Waals surface area (Å²) in [6.45, 7) is 1.81. The number of nitrogens with zero attached hydrogens (tertiary/aromatic N) is 2. The first-order valence-electron chi connectivity index (χ1n) is 8.21. The van der Waals surface area contributed by atoms with E-state index < -0.39 is 11.7 Å². The Kier molecular flexibility index (Phi) is 4.93. The van der Waals surface area contributed by atoms with E-state index in [4.69, 9.17) is 0 Å². The minimum absolute atomic E-state index is 0.390. The third kappa shape index (κ3) is 4.50. The molecule has 2 aromatic rings. The lowest BCUT2D eigenvalue weighted by molar-refractivity contribution is -0.137. The van der Waals surface area contributed by atoms with Crippen molar-refractivity contribution in [2.24, 2.45) is 0 Å². The van der Waals surface area contributed by atoms with E-state index in [0.29, 0.717) is 28.8 Å². The van der Waals surface area contributed by atoms with Crippen molar-refractivity contribution in [1.82, 2.24) is 9.97 Å².